The van der Waals surface area contributed by atoms with Crippen LogP contribution in [0.4, 0.5) is 0 Å². The van der Waals surface area contributed by atoms with E-state index in [1.54, 1.807) is 13.8 Å². The maximum Gasteiger partial charge on any atom is 0.313 e. The number of carbonyl (C=O) groups is 2. The van der Waals surface area contributed by atoms with Gasteiger partial charge in [0, 0.05) is 5.33 Å². The second kappa shape index (κ2) is 10.6. The Hall–Kier alpha value is -0.140. The monoisotopic (exact) mass is 406 g/mol. The molecule has 0 atom stereocenters. The number of carbonyl (C=O) groups excluding carboxylic acids is 2. The van der Waals surface area contributed by atoms with E-state index in [1.807, 2.05) is 13.8 Å². The van der Waals surface area contributed by atoms with Crippen molar-refractivity contribution in [2.45, 2.75) is 27.7 Å². The smallest absolute Gasteiger partial charge is 0.313 e. The van der Waals surface area contributed by atoms with E-state index < -0.39 is 10.8 Å². The number of methoxy groups -OCH3 is 2. The average molecular weight is 408 g/mol. The summed E-state index contributed by atoms with van der Waals surface area (Å²) in [6.07, 6.45) is 0. The van der Waals surface area contributed by atoms with Crippen LogP contribution in [0.15, 0.2) is 0 Å². The average Bonchev–Trinajstić information content (AvgIpc) is 2.37. The second-order valence-electron chi connectivity index (χ2n) is 5.04. The Kier molecular flexibility index (Phi) is 13.4. The molecule has 0 aromatic rings. The minimum atomic E-state index is -0.755. The molecule has 0 heterocycles. The van der Waals surface area contributed by atoms with E-state index in [0.29, 0.717) is 5.33 Å². The number of aliphatic hydroxyl groups is 1. The SMILES string of the molecule is Br.COC(=O)C(C)(C)CBr.COC(=O)C(C)(C)CO. The molecule has 0 spiro atoms. The first-order valence-electron chi connectivity index (χ1n) is 5.42. The number of rotatable bonds is 4. The predicted molar refractivity (Wildman–Crippen MR) is 82.8 cm³/mol. The minimum Gasteiger partial charge on any atom is -0.469 e. The summed E-state index contributed by atoms with van der Waals surface area (Å²) in [4.78, 5) is 21.5. The first-order chi connectivity index (χ1) is 8.08. The largest absolute Gasteiger partial charge is 0.469 e. The number of aliphatic hydroxyl groups excluding tert-OH is 1. The van der Waals surface area contributed by atoms with E-state index in [1.165, 1.54) is 14.2 Å². The first kappa shape index (κ1) is 23.9. The van der Waals surface area contributed by atoms with Crippen molar-refractivity contribution in [2.24, 2.45) is 10.8 Å². The normalized spacial score (nSPS) is 10.5. The third-order valence-corrected chi connectivity index (χ3v) is 3.61. The van der Waals surface area contributed by atoms with E-state index in [4.69, 9.17) is 5.11 Å². The van der Waals surface area contributed by atoms with Crippen molar-refractivity contribution in [3.63, 3.8) is 0 Å². The molecular weight excluding hydrogens is 384 g/mol. The summed E-state index contributed by atoms with van der Waals surface area (Å²) in [5, 5.41) is 9.23. The van der Waals surface area contributed by atoms with Crippen molar-refractivity contribution in [1.29, 1.82) is 0 Å². The van der Waals surface area contributed by atoms with E-state index >= 15 is 0 Å². The van der Waals surface area contributed by atoms with Gasteiger partial charge in [0.1, 0.15) is 0 Å². The Labute approximate surface area is 133 Å². The van der Waals surface area contributed by atoms with Gasteiger partial charge in [0.05, 0.1) is 31.7 Å². The lowest BCUT2D eigenvalue weighted by Gasteiger charge is -2.16. The zero-order chi connectivity index (χ0) is 15.0. The third kappa shape index (κ3) is 9.40. The molecule has 0 aliphatic carbocycles. The molecule has 0 aromatic heterocycles. The number of alkyl halides is 1. The summed E-state index contributed by atoms with van der Waals surface area (Å²) in [6.45, 7) is 6.72. The van der Waals surface area contributed by atoms with Crippen LogP contribution in [-0.4, -0.2) is 43.2 Å². The number of hydrogen-bond donors (Lipinski definition) is 1. The molecule has 1 N–H and O–H groups in total. The highest BCUT2D eigenvalue weighted by Crippen LogP contribution is 2.19. The Morgan fingerprint density at radius 1 is 1.00 bits per heavy atom. The Morgan fingerprint density at radius 2 is 1.32 bits per heavy atom. The summed E-state index contributed by atoms with van der Waals surface area (Å²) in [5.41, 5.74) is -1.15. The molecule has 5 nitrogen and oxygen atoms in total. The molecular formula is C12H24Br2O5. The van der Waals surface area contributed by atoms with Gasteiger partial charge in [-0.15, -0.1) is 17.0 Å². The van der Waals surface area contributed by atoms with Crippen LogP contribution in [-0.2, 0) is 19.1 Å². The van der Waals surface area contributed by atoms with Gasteiger partial charge in [-0.1, -0.05) is 15.9 Å². The van der Waals surface area contributed by atoms with E-state index in [2.05, 4.69) is 25.4 Å². The van der Waals surface area contributed by atoms with E-state index in [9.17, 15) is 9.59 Å². The van der Waals surface area contributed by atoms with Crippen LogP contribution in [0.5, 0.6) is 0 Å². The summed E-state index contributed by atoms with van der Waals surface area (Å²) in [5.74, 6) is -0.565. The lowest BCUT2D eigenvalue weighted by Crippen LogP contribution is -2.29. The van der Waals surface area contributed by atoms with Crippen LogP contribution in [0.1, 0.15) is 27.7 Å². The molecule has 19 heavy (non-hydrogen) atoms. The summed E-state index contributed by atoms with van der Waals surface area (Å²) >= 11 is 3.21. The Morgan fingerprint density at radius 3 is 1.42 bits per heavy atom. The molecule has 0 aliphatic rings. The lowest BCUT2D eigenvalue weighted by molar-refractivity contribution is -0.153. The predicted octanol–water partition coefficient (Wildman–Crippen LogP) is 2.34. The maximum absolute atomic E-state index is 10.8. The van der Waals surface area contributed by atoms with E-state index in [-0.39, 0.29) is 35.5 Å². The van der Waals surface area contributed by atoms with Gasteiger partial charge in [0.2, 0.25) is 0 Å². The minimum absolute atomic E-state index is 0. The summed E-state index contributed by atoms with van der Waals surface area (Å²) < 4.78 is 8.94. The molecule has 0 aliphatic heterocycles. The maximum atomic E-state index is 10.8. The lowest BCUT2D eigenvalue weighted by atomic mass is 9.95. The number of hydrogen-bond acceptors (Lipinski definition) is 5. The van der Waals surface area contributed by atoms with Crippen LogP contribution in [0.2, 0.25) is 0 Å². The molecule has 0 fully saturated rings. The highest BCUT2D eigenvalue weighted by atomic mass is 79.9. The highest BCUT2D eigenvalue weighted by molar-refractivity contribution is 9.09. The van der Waals surface area contributed by atoms with Gasteiger partial charge < -0.3 is 14.6 Å². The topological polar surface area (TPSA) is 72.8 Å². The second-order valence-corrected chi connectivity index (χ2v) is 5.60. The van der Waals surface area contributed by atoms with Crippen LogP contribution >= 0.6 is 32.9 Å². The first-order valence-corrected chi connectivity index (χ1v) is 6.55. The fraction of sp³-hybridized carbons (Fsp3) is 0.833. The van der Waals surface area contributed by atoms with Crippen molar-refractivity contribution in [1.82, 2.24) is 0 Å². The van der Waals surface area contributed by atoms with Crippen molar-refractivity contribution < 1.29 is 24.2 Å². The number of halogens is 2. The van der Waals surface area contributed by atoms with Gasteiger partial charge in [-0.05, 0) is 27.7 Å². The summed E-state index contributed by atoms with van der Waals surface area (Å²) in [6, 6.07) is 0. The quantitative estimate of drug-likeness (QED) is 0.571. The molecule has 0 amide bonds. The van der Waals surface area contributed by atoms with Crippen molar-refractivity contribution in [3.05, 3.63) is 0 Å². The zero-order valence-electron chi connectivity index (χ0n) is 12.3. The number of esters is 2. The van der Waals surface area contributed by atoms with Crippen LogP contribution < -0.4 is 0 Å². The molecule has 0 saturated carbocycles. The van der Waals surface area contributed by atoms with Crippen molar-refractivity contribution in [3.8, 4) is 0 Å². The standard InChI is InChI=1S/C6H11BrO2.C6H12O3.BrH/c2*1-6(2,4-7)5(8)9-3;/h4H2,1-3H3;7H,4H2,1-3H3;1H. The van der Waals surface area contributed by atoms with Crippen molar-refractivity contribution >= 4 is 44.9 Å². The van der Waals surface area contributed by atoms with Gasteiger partial charge in [-0.3, -0.25) is 9.59 Å². The Bertz CT molecular complexity index is 249. The molecule has 0 rings (SSSR count). The summed E-state index contributed by atoms with van der Waals surface area (Å²) in [7, 11) is 2.70. The Balaban J connectivity index is -0.000000256. The molecule has 0 bridgehead atoms. The molecule has 0 saturated heterocycles. The van der Waals surface area contributed by atoms with Crippen LogP contribution in [0.25, 0.3) is 0 Å². The highest BCUT2D eigenvalue weighted by Gasteiger charge is 2.27. The van der Waals surface area contributed by atoms with Gasteiger partial charge in [0.25, 0.3) is 0 Å². The van der Waals surface area contributed by atoms with E-state index in [0.717, 1.165) is 0 Å². The fourth-order valence-corrected chi connectivity index (χ4v) is 0.901. The van der Waals surface area contributed by atoms with Crippen LogP contribution in [0, 0.1) is 10.8 Å². The molecule has 0 radical (unpaired) electrons. The van der Waals surface area contributed by atoms with Crippen LogP contribution in [0.3, 0.4) is 0 Å². The number of ether oxygens (including phenoxy) is 2. The molecule has 0 aromatic carbocycles. The van der Waals surface area contributed by atoms with Gasteiger partial charge in [-0.2, -0.15) is 0 Å². The molecule has 7 heteroatoms. The molecule has 0 unspecified atom stereocenters. The van der Waals surface area contributed by atoms with Gasteiger partial charge in [0.15, 0.2) is 0 Å². The van der Waals surface area contributed by atoms with Gasteiger partial charge in [-0.25, -0.2) is 0 Å². The van der Waals surface area contributed by atoms with Crippen molar-refractivity contribution in [2.75, 3.05) is 26.2 Å². The molecule has 116 valence electrons. The zero-order valence-corrected chi connectivity index (χ0v) is 15.6. The fourth-order valence-electron chi connectivity index (χ4n) is 0.672. The van der Waals surface area contributed by atoms with Gasteiger partial charge >= 0.3 is 11.9 Å². The third-order valence-electron chi connectivity index (χ3n) is 2.21.